The van der Waals surface area contributed by atoms with Crippen molar-refractivity contribution in [2.75, 3.05) is 24.2 Å². The molecule has 0 bridgehead atoms. The molecule has 0 aliphatic heterocycles. The van der Waals surface area contributed by atoms with Gasteiger partial charge in [-0.05, 0) is 30.9 Å². The van der Waals surface area contributed by atoms with E-state index in [0.29, 0.717) is 0 Å². The minimum absolute atomic E-state index is 0.870. The third-order valence-electron chi connectivity index (χ3n) is 3.35. The molecule has 0 aromatic heterocycles. The first-order valence-corrected chi connectivity index (χ1v) is 5.83. The molecule has 0 radical (unpaired) electrons. The highest BCUT2D eigenvalue weighted by Crippen LogP contribution is 2.28. The van der Waals surface area contributed by atoms with Crippen molar-refractivity contribution in [3.05, 3.63) is 24.3 Å². The maximum Gasteiger partial charge on any atom is 0.0597 e. The Morgan fingerprint density at radius 3 is 2.60 bits per heavy atom. The van der Waals surface area contributed by atoms with E-state index in [9.17, 15) is 0 Å². The fraction of sp³-hybridized carbons (Fsp3) is 0.538. The second-order valence-corrected chi connectivity index (χ2v) is 4.59. The fourth-order valence-corrected chi connectivity index (χ4v) is 2.51. The summed E-state index contributed by atoms with van der Waals surface area (Å²) in [5.74, 6) is 0.870. The third-order valence-corrected chi connectivity index (χ3v) is 3.35. The second kappa shape index (κ2) is 4.56. The molecule has 1 fully saturated rings. The van der Waals surface area contributed by atoms with Gasteiger partial charge >= 0.3 is 0 Å². The van der Waals surface area contributed by atoms with Crippen molar-refractivity contribution < 1.29 is 0 Å². The van der Waals surface area contributed by atoms with Gasteiger partial charge in [-0.2, -0.15) is 0 Å². The predicted octanol–water partition coefficient (Wildman–Crippen LogP) is 2.90. The van der Waals surface area contributed by atoms with Gasteiger partial charge in [0, 0.05) is 13.6 Å². The second-order valence-electron chi connectivity index (χ2n) is 4.59. The van der Waals surface area contributed by atoms with E-state index < -0.39 is 0 Å². The zero-order valence-electron chi connectivity index (χ0n) is 9.45. The van der Waals surface area contributed by atoms with Crippen molar-refractivity contribution in [2.45, 2.75) is 25.7 Å². The zero-order chi connectivity index (χ0) is 10.7. The number of para-hydroxylation sites is 2. The monoisotopic (exact) mass is 204 g/mol. The lowest BCUT2D eigenvalue weighted by Gasteiger charge is -2.24. The van der Waals surface area contributed by atoms with Crippen LogP contribution in [0.25, 0.3) is 0 Å². The van der Waals surface area contributed by atoms with Crippen LogP contribution < -0.4 is 10.6 Å². The van der Waals surface area contributed by atoms with Gasteiger partial charge in [-0.15, -0.1) is 0 Å². The molecule has 2 heteroatoms. The SMILES string of the molecule is CN(CC1CCCC1)c1ccccc1N. The standard InChI is InChI=1S/C13H20N2/c1-15(10-11-6-2-3-7-11)13-9-5-4-8-12(13)14/h4-5,8-9,11H,2-3,6-7,10,14H2,1H3. The van der Waals surface area contributed by atoms with Gasteiger partial charge in [0.25, 0.3) is 0 Å². The molecule has 1 aromatic rings. The molecule has 0 spiro atoms. The highest BCUT2D eigenvalue weighted by molar-refractivity contribution is 5.66. The Morgan fingerprint density at radius 2 is 1.93 bits per heavy atom. The van der Waals surface area contributed by atoms with Crippen molar-refractivity contribution in [2.24, 2.45) is 5.92 Å². The molecule has 2 rings (SSSR count). The Balaban J connectivity index is 2.00. The van der Waals surface area contributed by atoms with E-state index in [4.69, 9.17) is 5.73 Å². The largest absolute Gasteiger partial charge is 0.397 e. The van der Waals surface area contributed by atoms with Crippen molar-refractivity contribution >= 4 is 11.4 Å². The molecule has 1 aliphatic carbocycles. The van der Waals surface area contributed by atoms with E-state index in [-0.39, 0.29) is 0 Å². The Morgan fingerprint density at radius 1 is 1.27 bits per heavy atom. The zero-order valence-corrected chi connectivity index (χ0v) is 9.45. The van der Waals surface area contributed by atoms with Crippen molar-refractivity contribution in [1.29, 1.82) is 0 Å². The summed E-state index contributed by atoms with van der Waals surface area (Å²) in [6, 6.07) is 8.11. The summed E-state index contributed by atoms with van der Waals surface area (Å²) >= 11 is 0. The lowest BCUT2D eigenvalue weighted by atomic mass is 10.1. The third kappa shape index (κ3) is 2.44. The molecule has 1 saturated carbocycles. The number of benzene rings is 1. The van der Waals surface area contributed by atoms with Crippen LogP contribution in [-0.4, -0.2) is 13.6 Å². The molecule has 15 heavy (non-hydrogen) atoms. The lowest BCUT2D eigenvalue weighted by molar-refractivity contribution is 0.547. The first kappa shape index (κ1) is 10.3. The summed E-state index contributed by atoms with van der Waals surface area (Å²) in [5.41, 5.74) is 8.01. The van der Waals surface area contributed by atoms with E-state index in [1.807, 2.05) is 12.1 Å². The Hall–Kier alpha value is -1.18. The number of hydrogen-bond donors (Lipinski definition) is 1. The van der Waals surface area contributed by atoms with E-state index in [1.165, 1.54) is 31.4 Å². The van der Waals surface area contributed by atoms with Gasteiger partial charge in [-0.3, -0.25) is 0 Å². The molecule has 0 atom stereocenters. The van der Waals surface area contributed by atoms with Crippen LogP contribution in [0.3, 0.4) is 0 Å². The maximum absolute atomic E-state index is 5.95. The van der Waals surface area contributed by atoms with Crippen LogP contribution in [0.2, 0.25) is 0 Å². The van der Waals surface area contributed by atoms with Crippen LogP contribution in [-0.2, 0) is 0 Å². The number of rotatable bonds is 3. The highest BCUT2D eigenvalue weighted by atomic mass is 15.1. The van der Waals surface area contributed by atoms with Gasteiger partial charge in [0.05, 0.1) is 11.4 Å². The molecule has 0 saturated heterocycles. The number of nitrogens with two attached hydrogens (primary N) is 1. The Bertz CT molecular complexity index is 316. The molecular formula is C13H20N2. The van der Waals surface area contributed by atoms with Crippen LogP contribution in [0.15, 0.2) is 24.3 Å². The molecular weight excluding hydrogens is 184 g/mol. The molecule has 82 valence electrons. The fourth-order valence-electron chi connectivity index (χ4n) is 2.51. The van der Waals surface area contributed by atoms with Gasteiger partial charge in [-0.1, -0.05) is 25.0 Å². The van der Waals surface area contributed by atoms with Crippen LogP contribution in [0.5, 0.6) is 0 Å². The first-order chi connectivity index (χ1) is 7.27. The van der Waals surface area contributed by atoms with Crippen LogP contribution >= 0.6 is 0 Å². The summed E-state index contributed by atoms with van der Waals surface area (Å²) in [6.45, 7) is 1.15. The predicted molar refractivity (Wildman–Crippen MR) is 66.1 cm³/mol. The number of anilines is 2. The van der Waals surface area contributed by atoms with Gasteiger partial charge < -0.3 is 10.6 Å². The molecule has 0 amide bonds. The average molecular weight is 204 g/mol. The number of hydrogen-bond acceptors (Lipinski definition) is 2. The van der Waals surface area contributed by atoms with E-state index >= 15 is 0 Å². The summed E-state index contributed by atoms with van der Waals surface area (Å²) in [5, 5.41) is 0. The lowest BCUT2D eigenvalue weighted by Crippen LogP contribution is -2.24. The number of nitrogen functional groups attached to an aromatic ring is 1. The van der Waals surface area contributed by atoms with Gasteiger partial charge in [0.1, 0.15) is 0 Å². The normalized spacial score (nSPS) is 16.9. The van der Waals surface area contributed by atoms with Crippen molar-refractivity contribution in [3.63, 3.8) is 0 Å². The van der Waals surface area contributed by atoms with E-state index in [1.54, 1.807) is 0 Å². The van der Waals surface area contributed by atoms with Crippen LogP contribution in [0, 0.1) is 5.92 Å². The van der Waals surface area contributed by atoms with E-state index in [2.05, 4.69) is 24.1 Å². The van der Waals surface area contributed by atoms with Gasteiger partial charge in [0.2, 0.25) is 0 Å². The van der Waals surface area contributed by atoms with Crippen molar-refractivity contribution in [3.8, 4) is 0 Å². The Kier molecular flexibility index (Phi) is 3.14. The summed E-state index contributed by atoms with van der Waals surface area (Å²) < 4.78 is 0. The molecule has 2 N–H and O–H groups in total. The number of nitrogens with zero attached hydrogens (tertiary/aromatic N) is 1. The maximum atomic E-state index is 5.95. The van der Waals surface area contributed by atoms with E-state index in [0.717, 1.165) is 18.2 Å². The summed E-state index contributed by atoms with van der Waals surface area (Å²) in [6.07, 6.45) is 5.58. The summed E-state index contributed by atoms with van der Waals surface area (Å²) in [4.78, 5) is 2.30. The molecule has 0 unspecified atom stereocenters. The average Bonchev–Trinajstić information content (AvgIpc) is 2.71. The molecule has 1 aromatic carbocycles. The first-order valence-electron chi connectivity index (χ1n) is 5.83. The van der Waals surface area contributed by atoms with Crippen LogP contribution in [0.1, 0.15) is 25.7 Å². The summed E-state index contributed by atoms with van der Waals surface area (Å²) in [7, 11) is 2.14. The molecule has 2 nitrogen and oxygen atoms in total. The van der Waals surface area contributed by atoms with Crippen molar-refractivity contribution in [1.82, 2.24) is 0 Å². The van der Waals surface area contributed by atoms with Crippen LogP contribution in [0.4, 0.5) is 11.4 Å². The van der Waals surface area contributed by atoms with Gasteiger partial charge in [0.15, 0.2) is 0 Å². The molecule has 0 heterocycles. The quantitative estimate of drug-likeness (QED) is 0.767. The van der Waals surface area contributed by atoms with Gasteiger partial charge in [-0.25, -0.2) is 0 Å². The minimum atomic E-state index is 0.870. The minimum Gasteiger partial charge on any atom is -0.397 e. The highest BCUT2D eigenvalue weighted by Gasteiger charge is 2.17. The topological polar surface area (TPSA) is 29.3 Å². The molecule has 1 aliphatic rings. The smallest absolute Gasteiger partial charge is 0.0597 e. The Labute approximate surface area is 92.1 Å².